The van der Waals surface area contributed by atoms with Gasteiger partial charge in [-0.15, -0.1) is 0 Å². The van der Waals surface area contributed by atoms with E-state index in [1.165, 1.54) is 0 Å². The second-order valence-corrected chi connectivity index (χ2v) is 7.76. The highest BCUT2D eigenvalue weighted by Gasteiger charge is 2.39. The number of unbranched alkanes of at least 4 members (excludes halogenated alkanes) is 1. The highest BCUT2D eigenvalue weighted by molar-refractivity contribution is 6.30. The number of aliphatic hydroxyl groups excluding tert-OH is 3. The second-order valence-electron chi connectivity index (χ2n) is 7.33. The average molecular weight is 425 g/mol. The van der Waals surface area contributed by atoms with Crippen LogP contribution in [0.3, 0.4) is 0 Å². The minimum atomic E-state index is -0.855. The van der Waals surface area contributed by atoms with Gasteiger partial charge in [0.1, 0.15) is 18.5 Å². The molecule has 0 bridgehead atoms. The fourth-order valence-corrected chi connectivity index (χ4v) is 3.68. The Morgan fingerprint density at radius 1 is 1.28 bits per heavy atom. The van der Waals surface area contributed by atoms with Crippen LogP contribution in [0.5, 0.6) is 5.75 Å². The Morgan fingerprint density at radius 3 is 2.79 bits per heavy atom. The first-order valence-corrected chi connectivity index (χ1v) is 10.2. The molecule has 0 unspecified atom stereocenters. The number of aliphatic carboxylic acids is 1. The van der Waals surface area contributed by atoms with Gasteiger partial charge >= 0.3 is 5.97 Å². The molecule has 160 valence electrons. The van der Waals surface area contributed by atoms with Gasteiger partial charge in [-0.1, -0.05) is 42.0 Å². The molecular formula is C22H29ClO6. The van der Waals surface area contributed by atoms with E-state index in [0.29, 0.717) is 36.5 Å². The van der Waals surface area contributed by atoms with Crippen LogP contribution in [0, 0.1) is 11.8 Å². The maximum absolute atomic E-state index is 10.5. The first-order chi connectivity index (χ1) is 13.9. The number of aliphatic hydroxyl groups is 3. The van der Waals surface area contributed by atoms with Crippen molar-refractivity contribution in [1.82, 2.24) is 0 Å². The molecule has 2 rings (SSSR count). The molecule has 0 spiro atoms. The topological polar surface area (TPSA) is 107 Å². The molecule has 0 aromatic heterocycles. The van der Waals surface area contributed by atoms with E-state index < -0.39 is 24.3 Å². The lowest BCUT2D eigenvalue weighted by Crippen LogP contribution is -2.21. The van der Waals surface area contributed by atoms with Gasteiger partial charge in [-0.05, 0) is 43.4 Å². The van der Waals surface area contributed by atoms with E-state index in [2.05, 4.69) is 0 Å². The summed E-state index contributed by atoms with van der Waals surface area (Å²) >= 11 is 5.90. The number of carboxylic acids is 1. The van der Waals surface area contributed by atoms with Gasteiger partial charge in [0, 0.05) is 23.8 Å². The standard InChI is InChI=1S/C22H29ClO6/c23-15-6-5-7-17(12-15)29-14-16(24)10-11-19-18(20(25)13-21(19)26)8-3-1-2-4-9-22(27)28/h1,3,5-7,10-12,16,18-21,24-26H,2,4,8-9,13-14H2,(H,27,28)/b3-1-,11-10+/t16-,18-,19+,20-,21+/m0/s1. The second kappa shape index (κ2) is 12.0. The molecule has 0 saturated heterocycles. The van der Waals surface area contributed by atoms with Gasteiger partial charge in [0.15, 0.2) is 0 Å². The Bertz CT molecular complexity index is 704. The van der Waals surface area contributed by atoms with Crippen LogP contribution in [0.1, 0.15) is 32.1 Å². The number of rotatable bonds is 11. The zero-order chi connectivity index (χ0) is 21.2. The van der Waals surface area contributed by atoms with E-state index in [0.717, 1.165) is 0 Å². The van der Waals surface area contributed by atoms with Gasteiger partial charge in [0.2, 0.25) is 0 Å². The van der Waals surface area contributed by atoms with Crippen molar-refractivity contribution in [3.05, 3.63) is 53.6 Å². The third kappa shape index (κ3) is 8.19. The third-order valence-electron chi connectivity index (χ3n) is 5.02. The zero-order valence-electron chi connectivity index (χ0n) is 16.2. The lowest BCUT2D eigenvalue weighted by Gasteiger charge is -2.19. The van der Waals surface area contributed by atoms with Crippen LogP contribution in [-0.2, 0) is 4.79 Å². The Kier molecular flexibility index (Phi) is 9.67. The highest BCUT2D eigenvalue weighted by atomic mass is 35.5. The number of benzene rings is 1. The molecule has 1 aliphatic carbocycles. The molecule has 5 atom stereocenters. The normalized spacial score (nSPS) is 25.7. The fraction of sp³-hybridized carbons (Fsp3) is 0.500. The van der Waals surface area contributed by atoms with Crippen molar-refractivity contribution >= 4 is 17.6 Å². The van der Waals surface area contributed by atoms with Crippen molar-refractivity contribution in [3.8, 4) is 5.75 Å². The number of carboxylic acid groups (broad SMARTS) is 1. The number of ether oxygens (including phenoxy) is 1. The van der Waals surface area contributed by atoms with Gasteiger partial charge in [-0.3, -0.25) is 4.79 Å². The summed E-state index contributed by atoms with van der Waals surface area (Å²) in [7, 11) is 0. The first kappa shape index (κ1) is 23.4. The van der Waals surface area contributed by atoms with E-state index in [1.54, 1.807) is 36.4 Å². The molecule has 1 aliphatic rings. The van der Waals surface area contributed by atoms with Crippen molar-refractivity contribution in [2.24, 2.45) is 11.8 Å². The Morgan fingerprint density at radius 2 is 2.07 bits per heavy atom. The zero-order valence-corrected chi connectivity index (χ0v) is 17.0. The van der Waals surface area contributed by atoms with Gasteiger partial charge in [-0.25, -0.2) is 0 Å². The monoisotopic (exact) mass is 424 g/mol. The van der Waals surface area contributed by atoms with Crippen LogP contribution in [0.2, 0.25) is 5.02 Å². The number of hydrogen-bond donors (Lipinski definition) is 4. The SMILES string of the molecule is O=C(O)CCC/C=C\C[C@H]1[C@@H](/C=C/[C@H](O)COc2cccc(Cl)c2)[C@H](O)C[C@@H]1O. The van der Waals surface area contributed by atoms with Crippen molar-refractivity contribution in [3.63, 3.8) is 0 Å². The van der Waals surface area contributed by atoms with E-state index in [1.807, 2.05) is 12.2 Å². The Labute approximate surface area is 176 Å². The Balaban J connectivity index is 1.83. The number of hydrogen-bond acceptors (Lipinski definition) is 5. The molecule has 0 aliphatic heterocycles. The first-order valence-electron chi connectivity index (χ1n) is 9.84. The van der Waals surface area contributed by atoms with E-state index >= 15 is 0 Å². The summed E-state index contributed by atoms with van der Waals surface area (Å²) in [6, 6.07) is 6.90. The molecule has 1 aromatic carbocycles. The van der Waals surface area contributed by atoms with Crippen molar-refractivity contribution < 1.29 is 30.0 Å². The minimum Gasteiger partial charge on any atom is -0.491 e. The predicted octanol–water partition coefficient (Wildman–Crippen LogP) is 3.20. The maximum atomic E-state index is 10.5. The third-order valence-corrected chi connectivity index (χ3v) is 5.26. The van der Waals surface area contributed by atoms with Crippen LogP contribution in [0.4, 0.5) is 0 Å². The summed E-state index contributed by atoms with van der Waals surface area (Å²) in [6.45, 7) is 0.0519. The van der Waals surface area contributed by atoms with Gasteiger partial charge in [0.05, 0.1) is 12.2 Å². The van der Waals surface area contributed by atoms with Gasteiger partial charge in [0.25, 0.3) is 0 Å². The van der Waals surface area contributed by atoms with Gasteiger partial charge < -0.3 is 25.2 Å². The molecule has 6 nitrogen and oxygen atoms in total. The predicted molar refractivity (Wildman–Crippen MR) is 111 cm³/mol. The molecule has 4 N–H and O–H groups in total. The van der Waals surface area contributed by atoms with Crippen molar-refractivity contribution in [2.75, 3.05) is 6.61 Å². The lowest BCUT2D eigenvalue weighted by atomic mass is 9.89. The number of allylic oxidation sites excluding steroid dienone is 2. The van der Waals surface area contributed by atoms with E-state index in [-0.39, 0.29) is 24.9 Å². The van der Waals surface area contributed by atoms with Crippen LogP contribution in [-0.4, -0.2) is 51.3 Å². The van der Waals surface area contributed by atoms with Gasteiger partial charge in [-0.2, -0.15) is 0 Å². The van der Waals surface area contributed by atoms with Crippen LogP contribution < -0.4 is 4.74 Å². The molecule has 29 heavy (non-hydrogen) atoms. The van der Waals surface area contributed by atoms with Crippen molar-refractivity contribution in [1.29, 1.82) is 0 Å². The van der Waals surface area contributed by atoms with Crippen LogP contribution >= 0.6 is 11.6 Å². The number of carbonyl (C=O) groups is 1. The maximum Gasteiger partial charge on any atom is 0.303 e. The summed E-state index contributed by atoms with van der Waals surface area (Å²) in [5.74, 6) is -0.671. The van der Waals surface area contributed by atoms with Crippen molar-refractivity contribution in [2.45, 2.75) is 50.4 Å². The molecule has 1 fully saturated rings. The molecule has 0 heterocycles. The molecule has 1 aromatic rings. The van der Waals surface area contributed by atoms with E-state index in [9.17, 15) is 20.1 Å². The summed E-state index contributed by atoms with van der Waals surface area (Å²) < 4.78 is 5.51. The average Bonchev–Trinajstić information content (AvgIpc) is 2.93. The molecule has 0 amide bonds. The molecule has 0 radical (unpaired) electrons. The van der Waals surface area contributed by atoms with Crippen LogP contribution in [0.15, 0.2) is 48.6 Å². The molecular weight excluding hydrogens is 396 g/mol. The quantitative estimate of drug-likeness (QED) is 0.321. The summed E-state index contributed by atoms with van der Waals surface area (Å²) in [5.41, 5.74) is 0. The van der Waals surface area contributed by atoms with E-state index in [4.69, 9.17) is 21.4 Å². The number of halogens is 1. The van der Waals surface area contributed by atoms with Crippen LogP contribution in [0.25, 0.3) is 0 Å². The minimum absolute atomic E-state index is 0.0519. The Hall–Kier alpha value is -1.86. The highest BCUT2D eigenvalue weighted by Crippen LogP contribution is 2.36. The summed E-state index contributed by atoms with van der Waals surface area (Å²) in [6.07, 6.45) is 7.26. The fourth-order valence-electron chi connectivity index (χ4n) is 3.50. The molecule has 1 saturated carbocycles. The molecule has 7 heteroatoms. The smallest absolute Gasteiger partial charge is 0.303 e. The lowest BCUT2D eigenvalue weighted by molar-refractivity contribution is -0.137. The summed E-state index contributed by atoms with van der Waals surface area (Å²) in [4.78, 5) is 10.5. The largest absolute Gasteiger partial charge is 0.491 e. The summed E-state index contributed by atoms with van der Waals surface area (Å²) in [5, 5.41) is 39.8.